The fraction of sp³-hybridized carbons (Fsp3) is 0.385. The van der Waals surface area contributed by atoms with Crippen LogP contribution in [0.2, 0.25) is 6.55 Å². The van der Waals surface area contributed by atoms with Crippen LogP contribution in [0.4, 0.5) is 0 Å². The molecule has 3 heteroatoms. The number of rotatable bonds is 6. The van der Waals surface area contributed by atoms with Crippen molar-refractivity contribution < 1.29 is 8.85 Å². The molecule has 0 amide bonds. The third-order valence-corrected chi connectivity index (χ3v) is 4.74. The Morgan fingerprint density at radius 3 is 2.12 bits per heavy atom. The lowest BCUT2D eigenvalue weighted by Gasteiger charge is -2.22. The molecule has 0 aromatic heterocycles. The van der Waals surface area contributed by atoms with Crippen molar-refractivity contribution in [3.8, 4) is 0 Å². The summed E-state index contributed by atoms with van der Waals surface area (Å²) in [5.41, 5.74) is 3.27. The topological polar surface area (TPSA) is 18.5 Å². The van der Waals surface area contributed by atoms with Crippen LogP contribution < -0.4 is 0 Å². The van der Waals surface area contributed by atoms with E-state index >= 15 is 0 Å². The molecule has 1 aromatic carbocycles. The molecule has 0 aliphatic carbocycles. The molecule has 1 rings (SSSR count). The van der Waals surface area contributed by atoms with Crippen molar-refractivity contribution in [3.63, 3.8) is 0 Å². The van der Waals surface area contributed by atoms with Gasteiger partial charge in [-0.05, 0) is 31.7 Å². The molecule has 0 saturated heterocycles. The predicted octanol–water partition coefficient (Wildman–Crippen LogP) is 3.38. The highest BCUT2D eigenvalue weighted by molar-refractivity contribution is 6.72. The van der Waals surface area contributed by atoms with Crippen LogP contribution in [0, 0.1) is 0 Å². The van der Waals surface area contributed by atoms with Crippen LogP contribution in [0.1, 0.15) is 19.4 Å². The molecular weight excluding hydrogens is 216 g/mol. The Kier molecular flexibility index (Phi) is 5.45. The Morgan fingerprint density at radius 1 is 1.06 bits per heavy atom. The number of benzene rings is 1. The minimum Gasteiger partial charge on any atom is -0.392 e. The molecule has 2 nitrogen and oxygen atoms in total. The van der Waals surface area contributed by atoms with E-state index < -0.39 is 8.56 Å². The lowest BCUT2D eigenvalue weighted by Crippen LogP contribution is -2.36. The quantitative estimate of drug-likeness (QED) is 0.705. The second kappa shape index (κ2) is 6.63. The van der Waals surface area contributed by atoms with Crippen LogP contribution in [0.15, 0.2) is 36.0 Å². The summed E-state index contributed by atoms with van der Waals surface area (Å²) in [5, 5.41) is 0. The zero-order valence-corrected chi connectivity index (χ0v) is 11.3. The summed E-state index contributed by atoms with van der Waals surface area (Å²) >= 11 is 0. The van der Waals surface area contributed by atoms with E-state index in [1.807, 2.05) is 32.0 Å². The van der Waals surface area contributed by atoms with Crippen molar-refractivity contribution in [1.82, 2.24) is 0 Å². The molecule has 0 radical (unpaired) electrons. The fourth-order valence-corrected chi connectivity index (χ4v) is 3.44. The molecule has 0 bridgehead atoms. The minimum atomic E-state index is -2.11. The first kappa shape index (κ1) is 13.2. The van der Waals surface area contributed by atoms with Crippen LogP contribution >= 0.6 is 0 Å². The number of hydrogen-bond acceptors (Lipinski definition) is 2. The fourth-order valence-electron chi connectivity index (χ4n) is 1.52. The zero-order chi connectivity index (χ0) is 11.9. The highest BCUT2D eigenvalue weighted by atomic mass is 28.4. The predicted molar refractivity (Wildman–Crippen MR) is 70.3 cm³/mol. The van der Waals surface area contributed by atoms with Gasteiger partial charge in [-0.3, -0.25) is 0 Å². The number of hydrogen-bond donors (Lipinski definition) is 0. The van der Waals surface area contributed by atoms with Gasteiger partial charge in [-0.25, -0.2) is 0 Å². The molecule has 0 saturated carbocycles. The third kappa shape index (κ3) is 4.31. The lowest BCUT2D eigenvalue weighted by atomic mass is 10.2. The summed E-state index contributed by atoms with van der Waals surface area (Å²) in [6.07, 6.45) is 2.08. The van der Waals surface area contributed by atoms with E-state index in [9.17, 15) is 0 Å². The standard InChI is InChI=1S/C13H20O2Si/c1-4-14-16(3,15-5-2)12-11-13-9-7-6-8-10-13/h6-12H,4-5H2,1-3H3/b12-11-. The molecule has 0 unspecified atom stereocenters. The maximum Gasteiger partial charge on any atom is 0.361 e. The van der Waals surface area contributed by atoms with Gasteiger partial charge in [0.1, 0.15) is 0 Å². The van der Waals surface area contributed by atoms with Crippen molar-refractivity contribution in [2.45, 2.75) is 20.4 Å². The lowest BCUT2D eigenvalue weighted by molar-refractivity contribution is 0.201. The Morgan fingerprint density at radius 2 is 1.62 bits per heavy atom. The molecule has 0 aliphatic rings. The molecule has 0 heterocycles. The summed E-state index contributed by atoms with van der Waals surface area (Å²) in [6, 6.07) is 10.2. The second-order valence-electron chi connectivity index (χ2n) is 3.63. The molecule has 88 valence electrons. The van der Waals surface area contributed by atoms with E-state index in [0.29, 0.717) is 13.2 Å². The Balaban J connectivity index is 2.71. The smallest absolute Gasteiger partial charge is 0.361 e. The summed E-state index contributed by atoms with van der Waals surface area (Å²) in [4.78, 5) is 0. The van der Waals surface area contributed by atoms with Crippen LogP contribution in [0.25, 0.3) is 6.08 Å². The van der Waals surface area contributed by atoms with Crippen molar-refractivity contribution in [2.24, 2.45) is 0 Å². The first-order valence-electron chi connectivity index (χ1n) is 5.72. The van der Waals surface area contributed by atoms with Gasteiger partial charge in [0.05, 0.1) is 0 Å². The van der Waals surface area contributed by atoms with Crippen LogP contribution in [-0.2, 0) is 8.85 Å². The van der Waals surface area contributed by atoms with Gasteiger partial charge in [-0.15, -0.1) is 0 Å². The first-order valence-corrected chi connectivity index (χ1v) is 8.12. The monoisotopic (exact) mass is 236 g/mol. The average Bonchev–Trinajstić information content (AvgIpc) is 2.29. The van der Waals surface area contributed by atoms with Crippen molar-refractivity contribution in [2.75, 3.05) is 13.2 Å². The van der Waals surface area contributed by atoms with Crippen LogP contribution in [-0.4, -0.2) is 21.8 Å². The molecular formula is C13H20O2Si. The van der Waals surface area contributed by atoms with Crippen molar-refractivity contribution in [1.29, 1.82) is 0 Å². The van der Waals surface area contributed by atoms with Gasteiger partial charge in [0.2, 0.25) is 0 Å². The Bertz CT molecular complexity index is 316. The first-order chi connectivity index (χ1) is 7.70. The highest BCUT2D eigenvalue weighted by Gasteiger charge is 2.26. The molecule has 0 spiro atoms. The van der Waals surface area contributed by atoms with Gasteiger partial charge < -0.3 is 8.85 Å². The van der Waals surface area contributed by atoms with Crippen molar-refractivity contribution in [3.05, 3.63) is 41.6 Å². The van der Waals surface area contributed by atoms with Gasteiger partial charge in [0.15, 0.2) is 0 Å². The zero-order valence-electron chi connectivity index (χ0n) is 10.3. The molecule has 0 aliphatic heterocycles. The molecule has 0 N–H and O–H groups in total. The second-order valence-corrected chi connectivity index (χ2v) is 6.57. The average molecular weight is 236 g/mol. The van der Waals surface area contributed by atoms with Gasteiger partial charge in [0.25, 0.3) is 0 Å². The van der Waals surface area contributed by atoms with E-state index in [4.69, 9.17) is 8.85 Å². The van der Waals surface area contributed by atoms with E-state index in [1.165, 1.54) is 5.56 Å². The van der Waals surface area contributed by atoms with E-state index in [0.717, 1.165) is 0 Å². The van der Waals surface area contributed by atoms with Crippen LogP contribution in [0.3, 0.4) is 0 Å². The third-order valence-electron chi connectivity index (χ3n) is 2.24. The maximum atomic E-state index is 5.72. The summed E-state index contributed by atoms with van der Waals surface area (Å²) < 4.78 is 11.4. The summed E-state index contributed by atoms with van der Waals surface area (Å²) in [7, 11) is -2.11. The summed E-state index contributed by atoms with van der Waals surface area (Å²) in [6.45, 7) is 7.46. The van der Waals surface area contributed by atoms with Gasteiger partial charge in [-0.2, -0.15) is 0 Å². The normalized spacial score (nSPS) is 12.2. The minimum absolute atomic E-state index is 0.696. The SMILES string of the molecule is CCO[Si](C)(/C=C\c1ccccc1)OCC. The molecule has 0 fully saturated rings. The highest BCUT2D eigenvalue weighted by Crippen LogP contribution is 2.12. The molecule has 0 atom stereocenters. The Hall–Kier alpha value is -0.903. The van der Waals surface area contributed by atoms with Gasteiger partial charge >= 0.3 is 8.56 Å². The van der Waals surface area contributed by atoms with E-state index in [1.54, 1.807) is 0 Å². The van der Waals surface area contributed by atoms with Crippen LogP contribution in [0.5, 0.6) is 0 Å². The van der Waals surface area contributed by atoms with E-state index in [-0.39, 0.29) is 0 Å². The van der Waals surface area contributed by atoms with E-state index in [2.05, 4.69) is 30.5 Å². The molecule has 1 aromatic rings. The maximum absolute atomic E-state index is 5.72. The van der Waals surface area contributed by atoms with Gasteiger partial charge in [0, 0.05) is 13.2 Å². The Labute approximate surface area is 99.2 Å². The van der Waals surface area contributed by atoms with Gasteiger partial charge in [-0.1, -0.05) is 36.4 Å². The molecule has 16 heavy (non-hydrogen) atoms. The summed E-state index contributed by atoms with van der Waals surface area (Å²) in [5.74, 6) is 0. The van der Waals surface area contributed by atoms with Crippen molar-refractivity contribution >= 4 is 14.6 Å². The largest absolute Gasteiger partial charge is 0.392 e.